The minimum absolute atomic E-state index is 0.0358. The summed E-state index contributed by atoms with van der Waals surface area (Å²) >= 11 is 0. The predicted molar refractivity (Wildman–Crippen MR) is 167 cm³/mol. The Morgan fingerprint density at radius 1 is 1.12 bits per heavy atom. The van der Waals surface area contributed by atoms with Crippen LogP contribution in [-0.4, -0.2) is 89.8 Å². The van der Waals surface area contributed by atoms with Crippen LogP contribution < -0.4 is 9.64 Å². The number of rotatable bonds is 16. The van der Waals surface area contributed by atoms with E-state index in [4.69, 9.17) is 9.47 Å². The molecule has 43 heavy (non-hydrogen) atoms. The third-order valence-corrected chi connectivity index (χ3v) is 9.74. The Morgan fingerprint density at radius 2 is 1.79 bits per heavy atom. The van der Waals surface area contributed by atoms with Crippen molar-refractivity contribution in [2.24, 2.45) is 17.8 Å². The lowest BCUT2D eigenvalue weighted by Gasteiger charge is -2.39. The lowest BCUT2D eigenvalue weighted by molar-refractivity contribution is -0.151. The molecule has 0 aromatic heterocycles. The Bertz CT molecular complexity index is 1190. The Labute approximate surface area is 256 Å². The van der Waals surface area contributed by atoms with E-state index < -0.39 is 29.1 Å². The third-order valence-electron chi connectivity index (χ3n) is 9.74. The molecule has 3 saturated heterocycles. The quantitative estimate of drug-likeness (QED) is 0.227. The van der Waals surface area contributed by atoms with Crippen LogP contribution >= 0.6 is 0 Å². The molecular weight excluding hydrogens is 546 g/mol. The van der Waals surface area contributed by atoms with Gasteiger partial charge in [-0.2, -0.15) is 0 Å². The van der Waals surface area contributed by atoms with Crippen molar-refractivity contribution in [1.29, 1.82) is 0 Å². The molecule has 1 aromatic carbocycles. The molecule has 3 aliphatic rings. The van der Waals surface area contributed by atoms with Gasteiger partial charge in [0, 0.05) is 38.5 Å². The summed E-state index contributed by atoms with van der Waals surface area (Å²) in [4.78, 5) is 48.7. The number of carbonyl (C=O) groups is 3. The van der Waals surface area contributed by atoms with Crippen molar-refractivity contribution >= 4 is 23.4 Å². The van der Waals surface area contributed by atoms with Gasteiger partial charge in [0.1, 0.15) is 17.4 Å². The highest BCUT2D eigenvalue weighted by Gasteiger charge is 2.80. The average Bonchev–Trinajstić information content (AvgIpc) is 3.51. The van der Waals surface area contributed by atoms with Gasteiger partial charge >= 0.3 is 0 Å². The molecule has 0 radical (unpaired) electrons. The predicted octanol–water partition coefficient (Wildman–Crippen LogP) is 4.20. The fraction of sp³-hybridized carbons (Fsp3) is 0.618. The van der Waals surface area contributed by atoms with Crippen LogP contribution in [0.3, 0.4) is 0 Å². The molecule has 9 heteroatoms. The first-order valence-corrected chi connectivity index (χ1v) is 15.7. The first-order valence-electron chi connectivity index (χ1n) is 15.7. The third kappa shape index (κ3) is 5.74. The lowest BCUT2D eigenvalue weighted by Crippen LogP contribution is -2.57. The van der Waals surface area contributed by atoms with E-state index in [0.29, 0.717) is 50.3 Å². The van der Waals surface area contributed by atoms with Crippen LogP contribution in [-0.2, 0) is 19.1 Å². The van der Waals surface area contributed by atoms with Crippen molar-refractivity contribution in [3.8, 4) is 5.75 Å². The summed E-state index contributed by atoms with van der Waals surface area (Å²) in [5.74, 6) is -1.34. The summed E-state index contributed by atoms with van der Waals surface area (Å²) < 4.78 is 12.3. The van der Waals surface area contributed by atoms with Crippen molar-refractivity contribution in [3.63, 3.8) is 0 Å². The molecule has 0 saturated carbocycles. The number of hydrogen-bond donors (Lipinski definition) is 1. The van der Waals surface area contributed by atoms with Crippen LogP contribution in [0.2, 0.25) is 0 Å². The highest BCUT2D eigenvalue weighted by Crippen LogP contribution is 2.65. The van der Waals surface area contributed by atoms with Gasteiger partial charge in [0.15, 0.2) is 0 Å². The molecule has 0 aliphatic carbocycles. The van der Waals surface area contributed by atoms with Gasteiger partial charge in [0.05, 0.1) is 24.5 Å². The van der Waals surface area contributed by atoms with E-state index in [0.717, 1.165) is 19.3 Å². The number of fused-ring (bicyclic) bond motifs is 1. The number of benzene rings is 1. The highest BCUT2D eigenvalue weighted by atomic mass is 16.5. The zero-order valence-corrected chi connectivity index (χ0v) is 26.3. The van der Waals surface area contributed by atoms with Crippen LogP contribution in [0.5, 0.6) is 5.75 Å². The van der Waals surface area contributed by atoms with E-state index in [1.807, 2.05) is 26.0 Å². The van der Waals surface area contributed by atoms with Crippen molar-refractivity contribution in [3.05, 3.63) is 49.6 Å². The molecule has 1 N–H and O–H groups in total. The number of amides is 3. The zero-order valence-electron chi connectivity index (χ0n) is 26.3. The molecule has 9 nitrogen and oxygen atoms in total. The number of methoxy groups -OCH3 is 1. The van der Waals surface area contributed by atoms with E-state index in [-0.39, 0.29) is 36.8 Å². The number of likely N-dealkylation sites (tertiary alicyclic amines) is 1. The molecule has 3 heterocycles. The lowest BCUT2D eigenvalue weighted by atomic mass is 9.62. The largest absolute Gasteiger partial charge is 0.497 e. The van der Waals surface area contributed by atoms with Crippen LogP contribution in [0.1, 0.15) is 59.3 Å². The topological polar surface area (TPSA) is 99.6 Å². The van der Waals surface area contributed by atoms with E-state index in [9.17, 15) is 19.5 Å². The Kier molecular flexibility index (Phi) is 10.4. The second-order valence-electron chi connectivity index (χ2n) is 12.4. The summed E-state index contributed by atoms with van der Waals surface area (Å²) in [6.45, 7) is 15.5. The van der Waals surface area contributed by atoms with Crippen LogP contribution in [0.4, 0.5) is 5.69 Å². The Balaban J connectivity index is 1.78. The Hall–Kier alpha value is -3.17. The summed E-state index contributed by atoms with van der Waals surface area (Å²) in [5.41, 5.74) is -1.33. The van der Waals surface area contributed by atoms with Gasteiger partial charge in [-0.3, -0.25) is 14.4 Å². The molecule has 3 fully saturated rings. The average molecular weight is 596 g/mol. The summed E-state index contributed by atoms with van der Waals surface area (Å²) in [7, 11) is 1.59. The van der Waals surface area contributed by atoms with E-state index in [1.165, 1.54) is 0 Å². The van der Waals surface area contributed by atoms with Gasteiger partial charge in [0.25, 0.3) is 5.91 Å². The second-order valence-corrected chi connectivity index (χ2v) is 12.4. The fourth-order valence-electron chi connectivity index (χ4n) is 7.66. The van der Waals surface area contributed by atoms with Gasteiger partial charge in [0.2, 0.25) is 11.8 Å². The van der Waals surface area contributed by atoms with E-state index in [2.05, 4.69) is 20.1 Å². The molecule has 4 rings (SSSR count). The molecule has 2 bridgehead atoms. The van der Waals surface area contributed by atoms with E-state index >= 15 is 0 Å². The van der Waals surface area contributed by atoms with Gasteiger partial charge in [-0.1, -0.05) is 38.8 Å². The maximum absolute atomic E-state index is 14.8. The number of hydrogen-bond acceptors (Lipinski definition) is 6. The van der Waals surface area contributed by atoms with Crippen molar-refractivity contribution in [1.82, 2.24) is 9.80 Å². The molecule has 6 atom stereocenters. The smallest absolute Gasteiger partial charge is 0.253 e. The first-order chi connectivity index (χ1) is 20.6. The standard InChI is InChI=1S/C34H49N3O6/c1-7-18-35(19-8-2)30(39)27-28-31(40)37(21-12-10-11-13-22-38)29(34(28)23-24(4)33(27,5)43-34)32(41)36(20-9-3)25-14-16-26(42-6)17-15-25/h7,9,14-17,24,27-29,38H,1,3,8,10-13,18-23H2,2,4-6H3/t24?,27-,28-,29?,33+,34?/m0/s1. The highest BCUT2D eigenvalue weighted by molar-refractivity contribution is 6.05. The summed E-state index contributed by atoms with van der Waals surface area (Å²) in [6, 6.07) is 6.37. The number of aliphatic hydroxyl groups excluding tert-OH is 1. The van der Waals surface area contributed by atoms with Crippen LogP contribution in [0.15, 0.2) is 49.6 Å². The van der Waals surface area contributed by atoms with Crippen molar-refractivity contribution < 1.29 is 29.0 Å². The molecule has 3 aliphatic heterocycles. The minimum Gasteiger partial charge on any atom is -0.497 e. The van der Waals surface area contributed by atoms with Gasteiger partial charge in [-0.15, -0.1) is 13.2 Å². The number of carbonyl (C=O) groups excluding carboxylic acids is 3. The second kappa shape index (κ2) is 13.6. The van der Waals surface area contributed by atoms with Crippen molar-refractivity contribution in [2.75, 3.05) is 44.8 Å². The van der Waals surface area contributed by atoms with Crippen LogP contribution in [0, 0.1) is 17.8 Å². The van der Waals surface area contributed by atoms with Gasteiger partial charge < -0.3 is 29.3 Å². The van der Waals surface area contributed by atoms with Gasteiger partial charge in [-0.25, -0.2) is 0 Å². The number of aliphatic hydroxyl groups is 1. The molecular formula is C34H49N3O6. The maximum Gasteiger partial charge on any atom is 0.253 e. The number of unbranched alkanes of at least 4 members (excludes halogenated alkanes) is 3. The van der Waals surface area contributed by atoms with Crippen LogP contribution in [0.25, 0.3) is 0 Å². The monoisotopic (exact) mass is 595 g/mol. The number of anilines is 1. The molecule has 1 aromatic rings. The van der Waals surface area contributed by atoms with Gasteiger partial charge in [-0.05, 0) is 62.8 Å². The summed E-state index contributed by atoms with van der Waals surface area (Å²) in [6.07, 6.45) is 7.72. The SMILES string of the molecule is C=CCN(CCC)C(=O)[C@@H]1[C@H]2C(=O)N(CCCCCCO)C(C(=O)N(CC=C)c3ccc(OC)cc3)C23CC(C)[C@@]1(C)O3. The first kappa shape index (κ1) is 32.7. The van der Waals surface area contributed by atoms with E-state index in [1.54, 1.807) is 46.1 Å². The minimum atomic E-state index is -1.12. The Morgan fingerprint density at radius 3 is 2.40 bits per heavy atom. The number of nitrogens with zero attached hydrogens (tertiary/aromatic N) is 3. The molecule has 1 spiro atoms. The normalized spacial score (nSPS) is 29.0. The zero-order chi connectivity index (χ0) is 31.4. The number of ether oxygens (including phenoxy) is 2. The molecule has 236 valence electrons. The fourth-order valence-corrected chi connectivity index (χ4v) is 7.66. The van der Waals surface area contributed by atoms with Crippen molar-refractivity contribution in [2.45, 2.75) is 76.5 Å². The maximum atomic E-state index is 14.8. The molecule has 3 unspecified atom stereocenters. The molecule has 3 amide bonds. The summed E-state index contributed by atoms with van der Waals surface area (Å²) in [5, 5.41) is 9.23.